The molecule has 316 valence electrons. The van der Waals surface area contributed by atoms with Gasteiger partial charge in [0.1, 0.15) is 35.6 Å². The maximum Gasteiger partial charge on any atom is 0.407 e. The van der Waals surface area contributed by atoms with Crippen LogP contribution in [0.15, 0.2) is 42.0 Å². The molecule has 2 rings (SSSR count). The summed E-state index contributed by atoms with van der Waals surface area (Å²) in [5.74, 6) is -1.62. The van der Waals surface area contributed by atoms with Crippen molar-refractivity contribution < 1.29 is 57.1 Å². The number of carbonyl (C=O) groups excluding carboxylic acids is 5. The Kier molecular flexibility index (Phi) is 20.6. The van der Waals surface area contributed by atoms with E-state index in [0.717, 1.165) is 31.2 Å². The third kappa shape index (κ3) is 22.5. The number of nitrogens with one attached hydrogen (secondary N) is 2. The van der Waals surface area contributed by atoms with E-state index in [1.165, 1.54) is 0 Å². The number of benzene rings is 1. The summed E-state index contributed by atoms with van der Waals surface area (Å²) in [7, 11) is 0. The molecule has 2 N–H and O–H groups in total. The summed E-state index contributed by atoms with van der Waals surface area (Å²) >= 11 is 0. The molecule has 0 unspecified atom stereocenters. The predicted molar refractivity (Wildman–Crippen MR) is 209 cm³/mol. The SMILES string of the molecule is CC(C)(C)OC(=O)CCO[C@@H]1[C@H](OCCC(=O)OC(C)(C)C)C=C(C(=O)NCCCCCCNC(=O)OCc2ccccc2)C[C@H]1OCCC(=O)OC(C)(C)C. The normalized spacial score (nSPS) is 17.3. The lowest BCUT2D eigenvalue weighted by Crippen LogP contribution is -2.47. The van der Waals surface area contributed by atoms with Gasteiger partial charge in [0.05, 0.1) is 45.2 Å². The first kappa shape index (κ1) is 48.1. The van der Waals surface area contributed by atoms with Crippen molar-refractivity contribution in [1.29, 1.82) is 0 Å². The Morgan fingerprint density at radius 2 is 1.11 bits per heavy atom. The first-order chi connectivity index (χ1) is 26.2. The van der Waals surface area contributed by atoms with E-state index in [-0.39, 0.29) is 58.0 Å². The Labute approximate surface area is 333 Å². The monoisotopic (exact) mass is 790 g/mol. The van der Waals surface area contributed by atoms with Gasteiger partial charge in [-0.2, -0.15) is 0 Å². The van der Waals surface area contributed by atoms with Crippen LogP contribution in [0.2, 0.25) is 0 Å². The van der Waals surface area contributed by atoms with Gasteiger partial charge >= 0.3 is 24.0 Å². The number of amides is 2. The Morgan fingerprint density at radius 3 is 1.62 bits per heavy atom. The van der Waals surface area contributed by atoms with E-state index in [9.17, 15) is 24.0 Å². The van der Waals surface area contributed by atoms with Crippen LogP contribution in [0.4, 0.5) is 4.79 Å². The Hall–Kier alpha value is -4.01. The average Bonchev–Trinajstić information content (AvgIpc) is 3.07. The molecule has 0 aromatic heterocycles. The van der Waals surface area contributed by atoms with Gasteiger partial charge in [-0.3, -0.25) is 19.2 Å². The Morgan fingerprint density at radius 1 is 0.625 bits per heavy atom. The molecule has 3 atom stereocenters. The van der Waals surface area contributed by atoms with E-state index in [4.69, 9.17) is 33.2 Å². The maximum atomic E-state index is 13.5. The number of carbonyl (C=O) groups is 5. The fourth-order valence-electron chi connectivity index (χ4n) is 5.48. The highest BCUT2D eigenvalue weighted by Crippen LogP contribution is 2.28. The lowest BCUT2D eigenvalue weighted by atomic mass is 9.91. The highest BCUT2D eigenvalue weighted by molar-refractivity contribution is 5.93. The fraction of sp³-hybridized carbons (Fsp3) is 0.690. The molecule has 0 heterocycles. The number of ether oxygens (including phenoxy) is 7. The van der Waals surface area contributed by atoms with E-state index >= 15 is 0 Å². The van der Waals surface area contributed by atoms with Crippen molar-refractivity contribution in [2.45, 2.75) is 155 Å². The summed E-state index contributed by atoms with van der Waals surface area (Å²) in [6.45, 7) is 17.1. The highest BCUT2D eigenvalue weighted by Gasteiger charge is 2.38. The van der Waals surface area contributed by atoms with Gasteiger partial charge in [0.25, 0.3) is 0 Å². The third-order valence-corrected chi connectivity index (χ3v) is 7.77. The van der Waals surface area contributed by atoms with Gasteiger partial charge in [-0.25, -0.2) is 4.79 Å². The zero-order valence-corrected chi connectivity index (χ0v) is 35.0. The Bertz CT molecular complexity index is 1410. The van der Waals surface area contributed by atoms with Gasteiger partial charge in [0.2, 0.25) is 5.91 Å². The average molecular weight is 791 g/mol. The minimum Gasteiger partial charge on any atom is -0.460 e. The second-order valence-electron chi connectivity index (χ2n) is 16.6. The molecular formula is C42H66N2O12. The van der Waals surface area contributed by atoms with Crippen LogP contribution in [0.1, 0.15) is 119 Å². The summed E-state index contributed by atoms with van der Waals surface area (Å²) < 4.78 is 40.0. The molecule has 0 aliphatic heterocycles. The summed E-state index contributed by atoms with van der Waals surface area (Å²) in [6, 6.07) is 9.46. The molecular weight excluding hydrogens is 724 g/mol. The lowest BCUT2D eigenvalue weighted by Gasteiger charge is -2.36. The lowest BCUT2D eigenvalue weighted by molar-refractivity contribution is -0.166. The standard InChI is InChI=1S/C42H66N2O12/c1-40(2,3)54-34(45)19-24-50-32-27-31(38(48)43-22-15-10-11-16-23-44-39(49)53-29-30-17-13-12-14-18-30)28-33(51-25-20-35(46)55-41(4,5)6)37(32)52-26-21-36(47)56-42(7,8)9/h12-14,17-18,27,32-33,37H,10-11,15-16,19-26,28-29H2,1-9H3,(H,43,48)(H,44,49)/t32-,33-,37-/m1/s1. The molecule has 14 heteroatoms. The molecule has 0 bridgehead atoms. The zero-order chi connectivity index (χ0) is 41.8. The third-order valence-electron chi connectivity index (χ3n) is 7.77. The summed E-state index contributed by atoms with van der Waals surface area (Å²) in [4.78, 5) is 62.8. The van der Waals surface area contributed by atoms with Gasteiger partial charge in [-0.1, -0.05) is 43.2 Å². The van der Waals surface area contributed by atoms with Gasteiger partial charge < -0.3 is 43.8 Å². The van der Waals surface area contributed by atoms with Crippen LogP contribution in [-0.2, 0) is 58.9 Å². The van der Waals surface area contributed by atoms with Crippen LogP contribution < -0.4 is 10.6 Å². The minimum absolute atomic E-state index is 0.00929. The first-order valence-electron chi connectivity index (χ1n) is 19.6. The van der Waals surface area contributed by atoms with E-state index in [1.54, 1.807) is 68.4 Å². The molecule has 14 nitrogen and oxygen atoms in total. The van der Waals surface area contributed by atoms with E-state index in [2.05, 4.69) is 10.6 Å². The molecule has 2 amide bonds. The highest BCUT2D eigenvalue weighted by atomic mass is 16.6. The first-order valence-corrected chi connectivity index (χ1v) is 19.6. The van der Waals surface area contributed by atoms with E-state index in [1.807, 2.05) is 30.3 Å². The van der Waals surface area contributed by atoms with Crippen molar-refractivity contribution in [3.8, 4) is 0 Å². The molecule has 0 radical (unpaired) electrons. The molecule has 0 spiro atoms. The molecule has 56 heavy (non-hydrogen) atoms. The van der Waals surface area contributed by atoms with Crippen molar-refractivity contribution in [2.75, 3.05) is 32.9 Å². The summed E-state index contributed by atoms with van der Waals surface area (Å²) in [5.41, 5.74) is -0.673. The smallest absolute Gasteiger partial charge is 0.407 e. The van der Waals surface area contributed by atoms with Crippen LogP contribution in [-0.4, -0.2) is 97.9 Å². The van der Waals surface area contributed by atoms with Crippen LogP contribution >= 0.6 is 0 Å². The minimum atomic E-state index is -0.830. The zero-order valence-electron chi connectivity index (χ0n) is 35.0. The second kappa shape index (κ2) is 23.9. The van der Waals surface area contributed by atoms with E-state index < -0.39 is 59.1 Å². The summed E-state index contributed by atoms with van der Waals surface area (Å²) in [6.07, 6.45) is 2.07. The van der Waals surface area contributed by atoms with Gasteiger partial charge in [-0.05, 0) is 86.8 Å². The molecule has 1 aromatic carbocycles. The predicted octanol–water partition coefficient (Wildman–Crippen LogP) is 6.27. The number of hydrogen-bond acceptors (Lipinski definition) is 12. The number of unbranched alkanes of at least 4 members (excludes halogenated alkanes) is 3. The van der Waals surface area contributed by atoms with Gasteiger partial charge in [-0.15, -0.1) is 0 Å². The van der Waals surface area contributed by atoms with Gasteiger partial charge in [0, 0.05) is 25.1 Å². The second-order valence-corrected chi connectivity index (χ2v) is 16.6. The van der Waals surface area contributed by atoms with Crippen LogP contribution in [0, 0.1) is 0 Å². The van der Waals surface area contributed by atoms with E-state index in [0.29, 0.717) is 18.7 Å². The molecule has 0 saturated carbocycles. The Balaban J connectivity index is 2.03. The molecule has 1 aliphatic rings. The van der Waals surface area contributed by atoms with Crippen molar-refractivity contribution in [2.24, 2.45) is 0 Å². The summed E-state index contributed by atoms with van der Waals surface area (Å²) in [5, 5.41) is 5.73. The fourth-order valence-corrected chi connectivity index (χ4v) is 5.48. The maximum absolute atomic E-state index is 13.5. The quantitative estimate of drug-likeness (QED) is 0.0767. The van der Waals surface area contributed by atoms with Crippen molar-refractivity contribution in [1.82, 2.24) is 10.6 Å². The molecule has 1 aliphatic carbocycles. The van der Waals surface area contributed by atoms with Crippen LogP contribution in [0.25, 0.3) is 0 Å². The number of rotatable bonds is 22. The molecule has 0 fully saturated rings. The topological polar surface area (TPSA) is 174 Å². The number of esters is 3. The number of alkyl carbamates (subject to hydrolysis) is 1. The van der Waals surface area contributed by atoms with Crippen LogP contribution in [0.5, 0.6) is 0 Å². The largest absolute Gasteiger partial charge is 0.460 e. The van der Waals surface area contributed by atoms with Crippen LogP contribution in [0.3, 0.4) is 0 Å². The number of hydrogen-bond donors (Lipinski definition) is 2. The van der Waals surface area contributed by atoms with Crippen molar-refractivity contribution in [3.05, 3.63) is 47.5 Å². The van der Waals surface area contributed by atoms with Crippen molar-refractivity contribution >= 4 is 29.9 Å². The molecule has 1 aromatic rings. The van der Waals surface area contributed by atoms with Crippen molar-refractivity contribution in [3.63, 3.8) is 0 Å². The van der Waals surface area contributed by atoms with Gasteiger partial charge in [0.15, 0.2) is 0 Å². The molecule has 0 saturated heterocycles.